The summed E-state index contributed by atoms with van der Waals surface area (Å²) in [5.74, 6) is -0.568. The molecule has 1 unspecified atom stereocenters. The van der Waals surface area contributed by atoms with E-state index >= 15 is 0 Å². The highest BCUT2D eigenvalue weighted by molar-refractivity contribution is 7.86. The van der Waals surface area contributed by atoms with Crippen LogP contribution in [0.1, 0.15) is 44.9 Å². The van der Waals surface area contributed by atoms with Gasteiger partial charge in [0.25, 0.3) is 20.2 Å². The van der Waals surface area contributed by atoms with Crippen LogP contribution in [0.3, 0.4) is 0 Å². The van der Waals surface area contributed by atoms with Gasteiger partial charge in [0.05, 0.1) is 11.0 Å². The fraction of sp³-hybridized carbons (Fsp3) is 1.00. The Bertz CT molecular complexity index is 447. The molecule has 0 saturated heterocycles. The Morgan fingerprint density at radius 1 is 1.00 bits per heavy atom. The van der Waals surface area contributed by atoms with Gasteiger partial charge in [-0.15, -0.1) is 0 Å². The van der Waals surface area contributed by atoms with E-state index < -0.39 is 31.2 Å². The van der Waals surface area contributed by atoms with Gasteiger partial charge in [-0.3, -0.25) is 9.11 Å². The maximum Gasteiger partial charge on any atom is 0.268 e. The summed E-state index contributed by atoms with van der Waals surface area (Å²) in [6.45, 7) is 0. The van der Waals surface area contributed by atoms with Crippen molar-refractivity contribution in [3.63, 3.8) is 0 Å². The largest absolute Gasteiger partial charge is 0.286 e. The average Bonchev–Trinajstić information content (AvgIpc) is 2.22. The van der Waals surface area contributed by atoms with Gasteiger partial charge in [0, 0.05) is 0 Å². The van der Waals surface area contributed by atoms with Crippen LogP contribution in [0.15, 0.2) is 0 Å². The molecule has 1 rings (SSSR count). The SMILES string of the molecule is O=S(=O)(O)CCCC(C1CCCCC1)S(=O)(=O)O. The molecule has 1 aliphatic carbocycles. The Kier molecular flexibility index (Phi) is 5.57. The first-order chi connectivity index (χ1) is 8.20. The summed E-state index contributed by atoms with van der Waals surface area (Å²) >= 11 is 0. The summed E-state index contributed by atoms with van der Waals surface area (Å²) in [6.07, 6.45) is 4.55. The first-order valence-corrected chi connectivity index (χ1v) is 9.23. The minimum atomic E-state index is -4.16. The molecule has 0 amide bonds. The van der Waals surface area contributed by atoms with Crippen LogP contribution in [0.25, 0.3) is 0 Å². The molecule has 1 atom stereocenters. The Balaban J connectivity index is 2.62. The van der Waals surface area contributed by atoms with Crippen molar-refractivity contribution in [2.24, 2.45) is 5.92 Å². The van der Waals surface area contributed by atoms with Crippen LogP contribution in [-0.4, -0.2) is 36.9 Å². The number of hydrogen-bond donors (Lipinski definition) is 2. The summed E-state index contributed by atoms with van der Waals surface area (Å²) in [4.78, 5) is 0. The third-order valence-electron chi connectivity index (χ3n) is 3.45. The lowest BCUT2D eigenvalue weighted by Crippen LogP contribution is -2.31. The number of hydrogen-bond acceptors (Lipinski definition) is 4. The Morgan fingerprint density at radius 2 is 1.56 bits per heavy atom. The summed E-state index contributed by atoms with van der Waals surface area (Å²) in [6, 6.07) is 0. The van der Waals surface area contributed by atoms with Crippen molar-refractivity contribution < 1.29 is 25.9 Å². The molecule has 1 fully saturated rings. The zero-order valence-corrected chi connectivity index (χ0v) is 11.8. The van der Waals surface area contributed by atoms with E-state index in [1.54, 1.807) is 0 Å². The van der Waals surface area contributed by atoms with Gasteiger partial charge in [-0.2, -0.15) is 16.8 Å². The zero-order valence-electron chi connectivity index (χ0n) is 10.2. The second-order valence-electron chi connectivity index (χ2n) is 4.88. The normalized spacial score (nSPS) is 20.8. The molecule has 0 bridgehead atoms. The van der Waals surface area contributed by atoms with E-state index in [4.69, 9.17) is 4.55 Å². The van der Waals surface area contributed by atoms with E-state index in [9.17, 15) is 21.4 Å². The molecule has 108 valence electrons. The quantitative estimate of drug-likeness (QED) is 0.719. The van der Waals surface area contributed by atoms with Crippen LogP contribution in [0.2, 0.25) is 0 Å². The van der Waals surface area contributed by atoms with E-state index in [2.05, 4.69) is 0 Å². The number of rotatable bonds is 6. The van der Waals surface area contributed by atoms with Gasteiger partial charge >= 0.3 is 0 Å². The van der Waals surface area contributed by atoms with Gasteiger partial charge in [0.1, 0.15) is 0 Å². The lowest BCUT2D eigenvalue weighted by Gasteiger charge is -2.28. The molecule has 6 nitrogen and oxygen atoms in total. The topological polar surface area (TPSA) is 109 Å². The summed E-state index contributed by atoms with van der Waals surface area (Å²) in [5.41, 5.74) is 0. The summed E-state index contributed by atoms with van der Waals surface area (Å²) in [7, 11) is -8.23. The molecular weight excluding hydrogens is 280 g/mol. The molecule has 0 aliphatic heterocycles. The first-order valence-electron chi connectivity index (χ1n) is 6.11. The fourth-order valence-electron chi connectivity index (χ4n) is 2.60. The molecule has 0 radical (unpaired) electrons. The minimum absolute atomic E-state index is 0.0415. The Hall–Kier alpha value is -0.180. The zero-order chi connectivity index (χ0) is 13.8. The predicted octanol–water partition coefficient (Wildman–Crippen LogP) is 1.49. The highest BCUT2D eigenvalue weighted by Crippen LogP contribution is 2.31. The fourth-order valence-corrected chi connectivity index (χ4v) is 4.36. The van der Waals surface area contributed by atoms with Crippen LogP contribution in [0.4, 0.5) is 0 Å². The van der Waals surface area contributed by atoms with E-state index in [1.807, 2.05) is 0 Å². The van der Waals surface area contributed by atoms with Gasteiger partial charge in [0.15, 0.2) is 0 Å². The molecule has 8 heteroatoms. The molecule has 0 aromatic rings. The van der Waals surface area contributed by atoms with Crippen molar-refractivity contribution in [3.05, 3.63) is 0 Å². The second-order valence-corrected chi connectivity index (χ2v) is 8.09. The monoisotopic (exact) mass is 300 g/mol. The van der Waals surface area contributed by atoms with Crippen molar-refractivity contribution in [2.75, 3.05) is 5.75 Å². The van der Waals surface area contributed by atoms with Crippen LogP contribution in [0, 0.1) is 5.92 Å². The van der Waals surface area contributed by atoms with Gasteiger partial charge in [-0.25, -0.2) is 0 Å². The summed E-state index contributed by atoms with van der Waals surface area (Å²) in [5, 5.41) is -0.903. The van der Waals surface area contributed by atoms with Crippen molar-refractivity contribution in [1.29, 1.82) is 0 Å². The van der Waals surface area contributed by atoms with Crippen LogP contribution < -0.4 is 0 Å². The van der Waals surface area contributed by atoms with Gasteiger partial charge in [0.2, 0.25) is 0 Å². The van der Waals surface area contributed by atoms with Gasteiger partial charge in [-0.05, 0) is 31.6 Å². The van der Waals surface area contributed by atoms with Crippen molar-refractivity contribution in [1.82, 2.24) is 0 Å². The Labute approximate surface area is 108 Å². The smallest absolute Gasteiger partial charge is 0.268 e. The lowest BCUT2D eigenvalue weighted by atomic mass is 9.85. The van der Waals surface area contributed by atoms with Crippen LogP contribution in [-0.2, 0) is 20.2 Å². The van der Waals surface area contributed by atoms with E-state index in [0.29, 0.717) is 0 Å². The first kappa shape index (κ1) is 15.9. The molecule has 0 aromatic carbocycles. The highest BCUT2D eigenvalue weighted by atomic mass is 32.2. The van der Waals surface area contributed by atoms with Gasteiger partial charge < -0.3 is 0 Å². The van der Waals surface area contributed by atoms with Crippen molar-refractivity contribution in [3.8, 4) is 0 Å². The van der Waals surface area contributed by atoms with E-state index in [-0.39, 0.29) is 18.8 Å². The van der Waals surface area contributed by atoms with Gasteiger partial charge in [-0.1, -0.05) is 19.3 Å². The Morgan fingerprint density at radius 3 is 2.00 bits per heavy atom. The molecule has 1 aliphatic rings. The van der Waals surface area contributed by atoms with E-state index in [0.717, 1.165) is 32.1 Å². The molecule has 18 heavy (non-hydrogen) atoms. The molecule has 1 saturated carbocycles. The molecule has 0 spiro atoms. The second kappa shape index (κ2) is 6.31. The highest BCUT2D eigenvalue weighted by Gasteiger charge is 2.32. The van der Waals surface area contributed by atoms with Crippen LogP contribution in [0.5, 0.6) is 0 Å². The minimum Gasteiger partial charge on any atom is -0.286 e. The van der Waals surface area contributed by atoms with Crippen molar-refractivity contribution >= 4 is 20.2 Å². The average molecular weight is 300 g/mol. The molecular formula is C10H20O6S2. The van der Waals surface area contributed by atoms with Crippen molar-refractivity contribution in [2.45, 2.75) is 50.2 Å². The molecule has 0 heterocycles. The maximum atomic E-state index is 11.3. The third-order valence-corrected chi connectivity index (χ3v) is 5.64. The molecule has 0 aromatic heterocycles. The van der Waals surface area contributed by atoms with E-state index in [1.165, 1.54) is 0 Å². The maximum absolute atomic E-state index is 11.3. The molecule has 2 N–H and O–H groups in total. The predicted molar refractivity (Wildman–Crippen MR) is 67.6 cm³/mol. The summed E-state index contributed by atoms with van der Waals surface area (Å²) < 4.78 is 61.6. The standard InChI is InChI=1S/C10H20O6S2/c11-17(12,13)8-4-7-10(18(14,15)16)9-5-2-1-3-6-9/h9-10H,1-8H2,(H,11,12,13)(H,14,15,16). The van der Waals surface area contributed by atoms with Crippen LogP contribution >= 0.6 is 0 Å². The third kappa shape index (κ3) is 5.64. The lowest BCUT2D eigenvalue weighted by molar-refractivity contribution is 0.317.